The number of benzene rings is 1. The van der Waals surface area contributed by atoms with Gasteiger partial charge in [0.2, 0.25) is 0 Å². The molecule has 0 spiro atoms. The van der Waals surface area contributed by atoms with Crippen LogP contribution in [0, 0.1) is 5.92 Å². The topological polar surface area (TPSA) is 21.3 Å². The van der Waals surface area contributed by atoms with Gasteiger partial charge in [0.05, 0.1) is 0 Å². The van der Waals surface area contributed by atoms with E-state index in [2.05, 4.69) is 35.6 Å². The third-order valence-corrected chi connectivity index (χ3v) is 3.44. The molecule has 0 radical (unpaired) electrons. The molecule has 2 unspecified atom stereocenters. The van der Waals surface area contributed by atoms with Gasteiger partial charge in [-0.1, -0.05) is 30.3 Å². The van der Waals surface area contributed by atoms with Crippen molar-refractivity contribution in [1.82, 2.24) is 5.32 Å². The second-order valence-corrected chi connectivity index (χ2v) is 4.56. The molecule has 0 amide bonds. The fourth-order valence-corrected chi connectivity index (χ4v) is 2.38. The third-order valence-electron chi connectivity index (χ3n) is 3.44. The molecule has 1 aromatic carbocycles. The van der Waals surface area contributed by atoms with Crippen LogP contribution in [0.3, 0.4) is 0 Å². The second-order valence-electron chi connectivity index (χ2n) is 4.56. The van der Waals surface area contributed by atoms with E-state index in [9.17, 15) is 0 Å². The van der Waals surface area contributed by atoms with E-state index < -0.39 is 0 Å². The summed E-state index contributed by atoms with van der Waals surface area (Å²) in [4.78, 5) is 0. The van der Waals surface area contributed by atoms with Crippen LogP contribution in [0.1, 0.15) is 30.9 Å². The first-order valence-corrected chi connectivity index (χ1v) is 6.20. The first-order chi connectivity index (χ1) is 7.90. The van der Waals surface area contributed by atoms with E-state index in [-0.39, 0.29) is 0 Å². The summed E-state index contributed by atoms with van der Waals surface area (Å²) in [5, 5.41) is 3.40. The molecule has 0 aromatic heterocycles. The van der Waals surface area contributed by atoms with Crippen molar-refractivity contribution in [2.24, 2.45) is 5.92 Å². The fraction of sp³-hybridized carbons (Fsp3) is 0.571. The average Bonchev–Trinajstić information content (AvgIpc) is 2.84. The minimum Gasteiger partial charge on any atom is -0.381 e. The zero-order chi connectivity index (χ0) is 11.2. The highest BCUT2D eigenvalue weighted by Gasteiger charge is 2.17. The molecule has 2 nitrogen and oxygen atoms in total. The maximum absolute atomic E-state index is 5.41. The zero-order valence-electron chi connectivity index (χ0n) is 9.99. The van der Waals surface area contributed by atoms with Crippen molar-refractivity contribution < 1.29 is 4.74 Å². The van der Waals surface area contributed by atoms with Crippen LogP contribution in [-0.2, 0) is 4.74 Å². The molecule has 1 saturated heterocycles. The molecule has 1 N–H and O–H groups in total. The largest absolute Gasteiger partial charge is 0.381 e. The van der Waals surface area contributed by atoms with E-state index in [0.29, 0.717) is 6.04 Å². The lowest BCUT2D eigenvalue weighted by Gasteiger charge is -2.18. The van der Waals surface area contributed by atoms with Crippen LogP contribution < -0.4 is 5.32 Å². The number of ether oxygens (including phenoxy) is 1. The van der Waals surface area contributed by atoms with Crippen molar-refractivity contribution in [2.75, 3.05) is 20.3 Å². The summed E-state index contributed by atoms with van der Waals surface area (Å²) < 4.78 is 5.41. The van der Waals surface area contributed by atoms with Gasteiger partial charge >= 0.3 is 0 Å². The van der Waals surface area contributed by atoms with Crippen LogP contribution >= 0.6 is 0 Å². The Kier molecular flexibility index (Phi) is 4.37. The smallest absolute Gasteiger partial charge is 0.0495 e. The highest BCUT2D eigenvalue weighted by Crippen LogP contribution is 2.24. The van der Waals surface area contributed by atoms with Crippen LogP contribution in [-0.4, -0.2) is 20.3 Å². The summed E-state index contributed by atoms with van der Waals surface area (Å²) in [5.41, 5.74) is 1.39. The van der Waals surface area contributed by atoms with Crippen molar-refractivity contribution >= 4 is 0 Å². The van der Waals surface area contributed by atoms with E-state index in [1.54, 1.807) is 0 Å². The number of hydrogen-bond acceptors (Lipinski definition) is 2. The number of nitrogens with one attached hydrogen (secondary N) is 1. The summed E-state index contributed by atoms with van der Waals surface area (Å²) in [6.45, 7) is 1.92. The molecule has 1 aliphatic heterocycles. The van der Waals surface area contributed by atoms with Crippen molar-refractivity contribution in [1.29, 1.82) is 0 Å². The molecule has 0 bridgehead atoms. The highest BCUT2D eigenvalue weighted by molar-refractivity contribution is 5.18. The molecule has 1 fully saturated rings. The Morgan fingerprint density at radius 2 is 2.19 bits per heavy atom. The van der Waals surface area contributed by atoms with E-state index in [0.717, 1.165) is 19.1 Å². The Morgan fingerprint density at radius 1 is 1.38 bits per heavy atom. The van der Waals surface area contributed by atoms with Crippen molar-refractivity contribution in [3.05, 3.63) is 35.9 Å². The standard InChI is InChI=1S/C14H21NO/c1-15-14(13-5-3-2-4-6-13)8-7-12-9-10-16-11-12/h2-6,12,14-15H,7-11H2,1H3. The van der Waals surface area contributed by atoms with Gasteiger partial charge in [-0.3, -0.25) is 0 Å². The van der Waals surface area contributed by atoms with Gasteiger partial charge in [0.1, 0.15) is 0 Å². The summed E-state index contributed by atoms with van der Waals surface area (Å²) >= 11 is 0. The zero-order valence-corrected chi connectivity index (χ0v) is 9.99. The molecule has 2 heteroatoms. The summed E-state index contributed by atoms with van der Waals surface area (Å²) in [7, 11) is 2.04. The van der Waals surface area contributed by atoms with E-state index in [1.165, 1.54) is 24.8 Å². The lowest BCUT2D eigenvalue weighted by molar-refractivity contribution is 0.183. The maximum atomic E-state index is 5.41. The average molecular weight is 219 g/mol. The van der Waals surface area contributed by atoms with E-state index in [1.807, 2.05) is 7.05 Å². The molecule has 0 saturated carbocycles. The molecule has 1 heterocycles. The lowest BCUT2D eigenvalue weighted by atomic mass is 9.95. The molecular formula is C14H21NO. The normalized spacial score (nSPS) is 22.2. The van der Waals surface area contributed by atoms with Crippen LogP contribution in [0.5, 0.6) is 0 Å². The Balaban J connectivity index is 1.85. The summed E-state index contributed by atoms with van der Waals surface area (Å²) in [6.07, 6.45) is 3.71. The summed E-state index contributed by atoms with van der Waals surface area (Å²) in [6, 6.07) is 11.2. The lowest BCUT2D eigenvalue weighted by Crippen LogP contribution is -2.17. The fourth-order valence-electron chi connectivity index (χ4n) is 2.38. The van der Waals surface area contributed by atoms with Crippen molar-refractivity contribution in [3.8, 4) is 0 Å². The van der Waals surface area contributed by atoms with Gasteiger partial charge in [-0.25, -0.2) is 0 Å². The Labute approximate surface area is 98.0 Å². The highest BCUT2D eigenvalue weighted by atomic mass is 16.5. The third kappa shape index (κ3) is 3.06. The molecule has 2 atom stereocenters. The number of rotatable bonds is 5. The quantitative estimate of drug-likeness (QED) is 0.822. The van der Waals surface area contributed by atoms with Gasteiger partial charge in [0, 0.05) is 19.3 Å². The van der Waals surface area contributed by atoms with Gasteiger partial charge in [0.15, 0.2) is 0 Å². The predicted molar refractivity (Wildman–Crippen MR) is 66.4 cm³/mol. The Morgan fingerprint density at radius 3 is 2.81 bits per heavy atom. The van der Waals surface area contributed by atoms with Gasteiger partial charge in [-0.05, 0) is 37.8 Å². The van der Waals surface area contributed by atoms with Gasteiger partial charge in [0.25, 0.3) is 0 Å². The monoisotopic (exact) mass is 219 g/mol. The first kappa shape index (κ1) is 11.6. The van der Waals surface area contributed by atoms with Crippen molar-refractivity contribution in [3.63, 3.8) is 0 Å². The Hall–Kier alpha value is -0.860. The minimum atomic E-state index is 0.488. The van der Waals surface area contributed by atoms with E-state index in [4.69, 9.17) is 4.74 Å². The maximum Gasteiger partial charge on any atom is 0.0495 e. The van der Waals surface area contributed by atoms with E-state index >= 15 is 0 Å². The molecule has 88 valence electrons. The molecule has 1 aliphatic rings. The summed E-state index contributed by atoms with van der Waals surface area (Å²) in [5.74, 6) is 0.777. The first-order valence-electron chi connectivity index (χ1n) is 6.20. The molecule has 1 aromatic rings. The second kappa shape index (κ2) is 6.02. The van der Waals surface area contributed by atoms with Gasteiger partial charge < -0.3 is 10.1 Å². The van der Waals surface area contributed by atoms with Gasteiger partial charge in [-0.2, -0.15) is 0 Å². The minimum absolute atomic E-state index is 0.488. The Bertz CT molecular complexity index is 293. The van der Waals surface area contributed by atoms with Crippen LogP contribution in [0.15, 0.2) is 30.3 Å². The molecule has 0 aliphatic carbocycles. The predicted octanol–water partition coefficient (Wildman–Crippen LogP) is 2.76. The van der Waals surface area contributed by atoms with Crippen LogP contribution in [0.4, 0.5) is 0 Å². The van der Waals surface area contributed by atoms with Gasteiger partial charge in [-0.15, -0.1) is 0 Å². The SMILES string of the molecule is CNC(CCC1CCOC1)c1ccccc1. The van der Waals surface area contributed by atoms with Crippen LogP contribution in [0.25, 0.3) is 0 Å². The number of hydrogen-bond donors (Lipinski definition) is 1. The molecule has 16 heavy (non-hydrogen) atoms. The van der Waals surface area contributed by atoms with Crippen molar-refractivity contribution in [2.45, 2.75) is 25.3 Å². The molecule has 2 rings (SSSR count). The molecular weight excluding hydrogens is 198 g/mol. The van der Waals surface area contributed by atoms with Crippen LogP contribution in [0.2, 0.25) is 0 Å².